The second-order valence-corrected chi connectivity index (χ2v) is 4.25. The molecular formula is C11H17N2O3S+. The maximum atomic E-state index is 5.43. The number of ether oxygens (including phenoxy) is 3. The number of methoxy groups -OCH3 is 3. The van der Waals surface area contributed by atoms with Crippen molar-refractivity contribution in [2.24, 2.45) is 5.73 Å². The van der Waals surface area contributed by atoms with Crippen LogP contribution < -0.4 is 25.4 Å². The summed E-state index contributed by atoms with van der Waals surface area (Å²) in [6.45, 7) is 0. The molecule has 0 bridgehead atoms. The zero-order valence-electron chi connectivity index (χ0n) is 10.1. The first-order chi connectivity index (χ1) is 8.12. The van der Waals surface area contributed by atoms with E-state index in [1.165, 1.54) is 11.8 Å². The lowest BCUT2D eigenvalue weighted by Gasteiger charge is -2.14. The van der Waals surface area contributed by atoms with Gasteiger partial charge in [-0.25, -0.2) is 0 Å². The third kappa shape index (κ3) is 3.45. The lowest BCUT2D eigenvalue weighted by atomic mass is 10.2. The van der Waals surface area contributed by atoms with Gasteiger partial charge in [0.1, 0.15) is 17.2 Å². The van der Waals surface area contributed by atoms with Gasteiger partial charge in [-0.3, -0.25) is 11.1 Å². The Morgan fingerprint density at radius 1 is 1.18 bits per heavy atom. The van der Waals surface area contributed by atoms with Gasteiger partial charge in [-0.2, -0.15) is 0 Å². The van der Waals surface area contributed by atoms with E-state index in [0.29, 0.717) is 28.2 Å². The smallest absolute Gasteiger partial charge is 0.300 e. The van der Waals surface area contributed by atoms with Crippen LogP contribution in [0, 0.1) is 0 Å². The summed E-state index contributed by atoms with van der Waals surface area (Å²) < 4.78 is 15.8. The van der Waals surface area contributed by atoms with Crippen molar-refractivity contribution in [1.82, 2.24) is 0 Å². The van der Waals surface area contributed by atoms with Gasteiger partial charge < -0.3 is 14.2 Å². The first kappa shape index (κ1) is 13.5. The van der Waals surface area contributed by atoms with Gasteiger partial charge >= 0.3 is 0 Å². The summed E-state index contributed by atoms with van der Waals surface area (Å²) in [7, 11) is 4.78. The van der Waals surface area contributed by atoms with Crippen LogP contribution in [-0.2, 0) is 5.75 Å². The van der Waals surface area contributed by atoms with Gasteiger partial charge in [0, 0.05) is 23.4 Å². The van der Waals surface area contributed by atoms with E-state index in [1.807, 2.05) is 0 Å². The van der Waals surface area contributed by atoms with Crippen molar-refractivity contribution in [3.63, 3.8) is 0 Å². The van der Waals surface area contributed by atoms with E-state index in [-0.39, 0.29) is 0 Å². The minimum absolute atomic E-state index is 0.310. The minimum Gasteiger partial charge on any atom is -0.496 e. The highest BCUT2D eigenvalue weighted by Crippen LogP contribution is 2.36. The molecule has 0 aliphatic rings. The zero-order valence-corrected chi connectivity index (χ0v) is 11.0. The Morgan fingerprint density at radius 2 is 1.71 bits per heavy atom. The van der Waals surface area contributed by atoms with Gasteiger partial charge in [-0.15, -0.1) is 0 Å². The Bertz CT molecular complexity index is 385. The van der Waals surface area contributed by atoms with E-state index in [0.717, 1.165) is 5.56 Å². The predicted octanol–water partition coefficient (Wildman–Crippen LogP) is 0.0194. The molecule has 94 valence electrons. The van der Waals surface area contributed by atoms with Crippen molar-refractivity contribution < 1.29 is 19.6 Å². The third-order valence-electron chi connectivity index (χ3n) is 2.20. The Kier molecular flexibility index (Phi) is 4.96. The fourth-order valence-corrected chi connectivity index (χ4v) is 1.97. The van der Waals surface area contributed by atoms with Gasteiger partial charge in [0.25, 0.3) is 5.17 Å². The molecular weight excluding hydrogens is 240 g/mol. The molecule has 1 rings (SSSR count). The van der Waals surface area contributed by atoms with Crippen LogP contribution in [0.4, 0.5) is 0 Å². The quantitative estimate of drug-likeness (QED) is 0.574. The minimum atomic E-state index is 0.310. The lowest BCUT2D eigenvalue weighted by molar-refractivity contribution is -0.110. The topological polar surface area (TPSA) is 79.3 Å². The van der Waals surface area contributed by atoms with Crippen molar-refractivity contribution in [3.8, 4) is 17.2 Å². The molecule has 0 heterocycles. The fraction of sp³-hybridized carbons (Fsp3) is 0.364. The molecule has 0 fully saturated rings. The number of nitrogens with two attached hydrogens (primary N) is 2. The number of rotatable bonds is 5. The Labute approximate surface area is 105 Å². The Hall–Kier alpha value is -1.56. The summed E-state index contributed by atoms with van der Waals surface area (Å²) >= 11 is 1.33. The molecule has 0 radical (unpaired) electrons. The van der Waals surface area contributed by atoms with Crippen LogP contribution in [0.5, 0.6) is 17.2 Å². The number of amidine groups is 1. The third-order valence-corrected chi connectivity index (χ3v) is 2.97. The molecule has 1 aromatic rings. The lowest BCUT2D eigenvalue weighted by Crippen LogP contribution is -2.43. The largest absolute Gasteiger partial charge is 0.496 e. The average Bonchev–Trinajstić information content (AvgIpc) is 2.34. The van der Waals surface area contributed by atoms with E-state index < -0.39 is 0 Å². The molecule has 0 atom stereocenters. The highest BCUT2D eigenvalue weighted by molar-refractivity contribution is 8.12. The molecule has 0 aromatic heterocycles. The molecule has 0 aliphatic carbocycles. The number of thioether (sulfide) groups is 1. The predicted molar refractivity (Wildman–Crippen MR) is 68.5 cm³/mol. The molecule has 0 spiro atoms. The summed E-state index contributed by atoms with van der Waals surface area (Å²) in [5.41, 5.74) is 6.33. The van der Waals surface area contributed by atoms with E-state index in [4.69, 9.17) is 25.4 Å². The summed E-state index contributed by atoms with van der Waals surface area (Å²) in [6.07, 6.45) is 0. The van der Waals surface area contributed by atoms with Crippen LogP contribution in [-0.4, -0.2) is 26.5 Å². The van der Waals surface area contributed by atoms with Gasteiger partial charge in [-0.1, -0.05) is 0 Å². The highest BCUT2D eigenvalue weighted by Gasteiger charge is 2.14. The van der Waals surface area contributed by atoms with Gasteiger partial charge in [0.15, 0.2) is 0 Å². The maximum absolute atomic E-state index is 5.43. The molecule has 5 nitrogen and oxygen atoms in total. The molecule has 4 N–H and O–H groups in total. The fourth-order valence-electron chi connectivity index (χ4n) is 1.38. The van der Waals surface area contributed by atoms with Gasteiger partial charge in [0.05, 0.1) is 21.3 Å². The molecule has 0 unspecified atom stereocenters. The van der Waals surface area contributed by atoms with Crippen molar-refractivity contribution in [1.29, 1.82) is 0 Å². The van der Waals surface area contributed by atoms with Crippen molar-refractivity contribution in [3.05, 3.63) is 17.7 Å². The first-order valence-electron chi connectivity index (χ1n) is 4.92. The Balaban J connectivity index is 3.10. The van der Waals surface area contributed by atoms with E-state index in [9.17, 15) is 0 Å². The van der Waals surface area contributed by atoms with Crippen LogP contribution in [0.25, 0.3) is 0 Å². The van der Waals surface area contributed by atoms with Crippen LogP contribution in [0.2, 0.25) is 0 Å². The van der Waals surface area contributed by atoms with Crippen LogP contribution in [0.3, 0.4) is 0 Å². The second-order valence-electron chi connectivity index (χ2n) is 3.20. The van der Waals surface area contributed by atoms with E-state index in [2.05, 4.69) is 0 Å². The van der Waals surface area contributed by atoms with Crippen molar-refractivity contribution in [2.45, 2.75) is 5.75 Å². The van der Waals surface area contributed by atoms with Gasteiger partial charge in [-0.05, 0) is 11.8 Å². The highest BCUT2D eigenvalue weighted by atomic mass is 32.2. The SMILES string of the molecule is COc1cc(OC)c(CSC(N)=[NH2+])c(OC)c1. The van der Waals surface area contributed by atoms with E-state index in [1.54, 1.807) is 33.5 Å². The molecule has 0 amide bonds. The van der Waals surface area contributed by atoms with Crippen LogP contribution >= 0.6 is 11.8 Å². The molecule has 0 saturated heterocycles. The molecule has 6 heteroatoms. The van der Waals surface area contributed by atoms with E-state index >= 15 is 0 Å². The summed E-state index contributed by atoms with van der Waals surface area (Å²) in [5.74, 6) is 2.64. The normalized spacial score (nSPS) is 9.82. The van der Waals surface area contributed by atoms with Crippen LogP contribution in [0.15, 0.2) is 12.1 Å². The number of benzene rings is 1. The van der Waals surface area contributed by atoms with Crippen LogP contribution in [0.1, 0.15) is 5.56 Å². The summed E-state index contributed by atoms with van der Waals surface area (Å²) in [4.78, 5) is 0. The van der Waals surface area contributed by atoms with Crippen molar-refractivity contribution in [2.75, 3.05) is 21.3 Å². The molecule has 17 heavy (non-hydrogen) atoms. The summed E-state index contributed by atoms with van der Waals surface area (Å²) in [6, 6.07) is 3.59. The molecule has 0 aliphatic heterocycles. The average molecular weight is 257 g/mol. The zero-order chi connectivity index (χ0) is 12.8. The standard InChI is InChI=1S/C11H16N2O3S/c1-14-7-4-9(15-2)8(6-17-11(12)13)10(5-7)16-3/h4-5H,6H2,1-3H3,(H3,12,13)/p+1. The monoisotopic (exact) mass is 257 g/mol. The Morgan fingerprint density at radius 3 is 2.06 bits per heavy atom. The molecule has 1 aromatic carbocycles. The maximum Gasteiger partial charge on any atom is 0.300 e. The van der Waals surface area contributed by atoms with Crippen molar-refractivity contribution >= 4 is 16.9 Å². The number of hydrogen-bond acceptors (Lipinski definition) is 4. The summed E-state index contributed by atoms with van der Waals surface area (Å²) in [5, 5.41) is 5.74. The molecule has 0 saturated carbocycles. The number of hydrogen-bond donors (Lipinski definition) is 2. The second kappa shape index (κ2) is 6.24. The van der Waals surface area contributed by atoms with Gasteiger partial charge in [0.2, 0.25) is 0 Å². The first-order valence-corrected chi connectivity index (χ1v) is 5.90.